The summed E-state index contributed by atoms with van der Waals surface area (Å²) >= 11 is 0. The fourth-order valence-electron chi connectivity index (χ4n) is 1.39. The average molecular weight is 368 g/mol. The Balaban J connectivity index is 5.44. The first kappa shape index (κ1) is 23.1. The number of carbonyl (C=O) groups is 4. The van der Waals surface area contributed by atoms with Crippen molar-refractivity contribution < 1.29 is 38.1 Å². The molecule has 0 heterocycles. The van der Waals surface area contributed by atoms with Gasteiger partial charge >= 0.3 is 23.9 Å². The average Bonchev–Trinajstić information content (AvgIpc) is 2.59. The second-order valence-electron chi connectivity index (χ2n) is 6.04. The fraction of sp³-hybridized carbons (Fsp3) is 0.444. The van der Waals surface area contributed by atoms with Crippen molar-refractivity contribution in [2.24, 2.45) is 5.41 Å². The van der Waals surface area contributed by atoms with Gasteiger partial charge in [0.05, 0.1) is 5.41 Å². The molecule has 0 spiro atoms. The van der Waals surface area contributed by atoms with Crippen molar-refractivity contribution in [2.75, 3.05) is 13.2 Å². The Morgan fingerprint density at radius 2 is 1.15 bits per heavy atom. The highest BCUT2D eigenvalue weighted by molar-refractivity contribution is 5.82. The lowest BCUT2D eigenvalue weighted by molar-refractivity contribution is -0.183. The highest BCUT2D eigenvalue weighted by atomic mass is 16.6. The molecule has 0 rings (SSSR count). The SMILES string of the molecule is C=CC(=O)OCC(OC(=O)C=C)C(COC(=O)C=C)OC(=O)C(C)(C)C. The molecule has 26 heavy (non-hydrogen) atoms. The van der Waals surface area contributed by atoms with Gasteiger partial charge in [-0.3, -0.25) is 4.79 Å². The van der Waals surface area contributed by atoms with E-state index in [4.69, 9.17) is 18.9 Å². The Labute approximate surface area is 152 Å². The molecule has 0 fully saturated rings. The summed E-state index contributed by atoms with van der Waals surface area (Å²) < 4.78 is 20.1. The van der Waals surface area contributed by atoms with Crippen LogP contribution in [0.25, 0.3) is 0 Å². The minimum Gasteiger partial charge on any atom is -0.458 e. The minimum absolute atomic E-state index is 0.437. The predicted octanol–water partition coefficient (Wildman–Crippen LogP) is 1.50. The molecule has 0 aromatic rings. The van der Waals surface area contributed by atoms with Crippen LogP contribution in [0, 0.1) is 5.41 Å². The Morgan fingerprint density at radius 1 is 0.769 bits per heavy atom. The van der Waals surface area contributed by atoms with Crippen LogP contribution in [-0.4, -0.2) is 49.3 Å². The Morgan fingerprint density at radius 3 is 1.50 bits per heavy atom. The van der Waals surface area contributed by atoms with Crippen molar-refractivity contribution in [1.29, 1.82) is 0 Å². The molecule has 0 saturated carbocycles. The van der Waals surface area contributed by atoms with Crippen molar-refractivity contribution in [2.45, 2.75) is 33.0 Å². The van der Waals surface area contributed by atoms with E-state index in [-0.39, 0.29) is 0 Å². The number of ether oxygens (including phenoxy) is 4. The van der Waals surface area contributed by atoms with Gasteiger partial charge in [-0.1, -0.05) is 19.7 Å². The molecular weight excluding hydrogens is 344 g/mol. The maximum atomic E-state index is 12.2. The van der Waals surface area contributed by atoms with E-state index in [1.165, 1.54) is 0 Å². The van der Waals surface area contributed by atoms with E-state index in [1.807, 2.05) is 0 Å². The second-order valence-corrected chi connectivity index (χ2v) is 6.04. The largest absolute Gasteiger partial charge is 0.458 e. The normalized spacial score (nSPS) is 12.7. The molecule has 0 aromatic heterocycles. The molecule has 0 amide bonds. The maximum Gasteiger partial charge on any atom is 0.330 e. The lowest BCUT2D eigenvalue weighted by Gasteiger charge is -2.28. The number of hydrogen-bond donors (Lipinski definition) is 0. The third kappa shape index (κ3) is 8.81. The van der Waals surface area contributed by atoms with Gasteiger partial charge in [-0.15, -0.1) is 0 Å². The summed E-state index contributed by atoms with van der Waals surface area (Å²) in [6.45, 7) is 13.7. The zero-order valence-corrected chi connectivity index (χ0v) is 15.2. The van der Waals surface area contributed by atoms with Crippen molar-refractivity contribution in [1.82, 2.24) is 0 Å². The zero-order chi connectivity index (χ0) is 20.3. The van der Waals surface area contributed by atoms with Crippen molar-refractivity contribution >= 4 is 23.9 Å². The maximum absolute atomic E-state index is 12.2. The van der Waals surface area contributed by atoms with E-state index >= 15 is 0 Å². The monoisotopic (exact) mass is 368 g/mol. The predicted molar refractivity (Wildman–Crippen MR) is 91.7 cm³/mol. The molecule has 2 atom stereocenters. The summed E-state index contributed by atoms with van der Waals surface area (Å²) in [4.78, 5) is 46.3. The van der Waals surface area contributed by atoms with Crippen molar-refractivity contribution in [3.05, 3.63) is 38.0 Å². The summed E-state index contributed by atoms with van der Waals surface area (Å²) in [6.07, 6.45) is 0.284. The molecule has 0 bridgehead atoms. The molecular formula is C18H24O8. The first-order chi connectivity index (χ1) is 12.0. The van der Waals surface area contributed by atoms with Crippen LogP contribution in [0.5, 0.6) is 0 Å². The van der Waals surface area contributed by atoms with E-state index in [0.717, 1.165) is 18.2 Å². The molecule has 0 aliphatic rings. The summed E-state index contributed by atoms with van der Waals surface area (Å²) in [7, 11) is 0. The van der Waals surface area contributed by atoms with Gasteiger partial charge < -0.3 is 18.9 Å². The number of rotatable bonds is 10. The first-order valence-electron chi connectivity index (χ1n) is 7.67. The van der Waals surface area contributed by atoms with Crippen LogP contribution in [0.15, 0.2) is 38.0 Å². The van der Waals surface area contributed by atoms with E-state index in [0.29, 0.717) is 0 Å². The minimum atomic E-state index is -1.23. The molecule has 0 saturated heterocycles. The first-order valence-corrected chi connectivity index (χ1v) is 7.67. The van der Waals surface area contributed by atoms with Crippen molar-refractivity contribution in [3.63, 3.8) is 0 Å². The Hall–Kier alpha value is -2.90. The van der Waals surface area contributed by atoms with Crippen LogP contribution < -0.4 is 0 Å². The van der Waals surface area contributed by atoms with Crippen LogP contribution in [-0.2, 0) is 38.1 Å². The third-order valence-electron chi connectivity index (χ3n) is 2.83. The smallest absolute Gasteiger partial charge is 0.330 e. The molecule has 0 aromatic carbocycles. The van der Waals surface area contributed by atoms with Gasteiger partial charge in [-0.25, -0.2) is 14.4 Å². The lowest BCUT2D eigenvalue weighted by Crippen LogP contribution is -2.44. The van der Waals surface area contributed by atoms with Crippen LogP contribution in [0.1, 0.15) is 20.8 Å². The van der Waals surface area contributed by atoms with Gasteiger partial charge in [-0.2, -0.15) is 0 Å². The van der Waals surface area contributed by atoms with E-state index in [9.17, 15) is 19.2 Å². The summed E-state index contributed by atoms with van der Waals surface area (Å²) in [6, 6.07) is 0. The van der Waals surface area contributed by atoms with Gasteiger partial charge in [0, 0.05) is 18.2 Å². The van der Waals surface area contributed by atoms with Crippen LogP contribution in [0.2, 0.25) is 0 Å². The fourth-order valence-corrected chi connectivity index (χ4v) is 1.39. The number of esters is 4. The lowest BCUT2D eigenvalue weighted by atomic mass is 9.97. The second kappa shape index (κ2) is 10.9. The van der Waals surface area contributed by atoms with Crippen LogP contribution in [0.4, 0.5) is 0 Å². The molecule has 144 valence electrons. The number of carbonyl (C=O) groups excluding carboxylic acids is 4. The van der Waals surface area contributed by atoms with E-state index in [2.05, 4.69) is 19.7 Å². The van der Waals surface area contributed by atoms with Crippen molar-refractivity contribution in [3.8, 4) is 0 Å². The van der Waals surface area contributed by atoms with E-state index in [1.54, 1.807) is 20.8 Å². The van der Waals surface area contributed by atoms with Gasteiger partial charge in [0.15, 0.2) is 12.2 Å². The van der Waals surface area contributed by atoms with E-state index < -0.39 is 54.7 Å². The summed E-state index contributed by atoms with van der Waals surface area (Å²) in [5, 5.41) is 0. The molecule has 0 aliphatic carbocycles. The van der Waals surface area contributed by atoms with Gasteiger partial charge in [-0.05, 0) is 20.8 Å². The highest BCUT2D eigenvalue weighted by Crippen LogP contribution is 2.19. The molecule has 8 nitrogen and oxygen atoms in total. The summed E-state index contributed by atoms with van der Waals surface area (Å²) in [5.74, 6) is -3.00. The molecule has 0 aliphatic heterocycles. The molecule has 2 unspecified atom stereocenters. The molecule has 0 N–H and O–H groups in total. The summed E-state index contributed by atoms with van der Waals surface area (Å²) in [5.41, 5.74) is -0.870. The zero-order valence-electron chi connectivity index (χ0n) is 15.2. The Kier molecular flexibility index (Phi) is 9.65. The standard InChI is InChI=1S/C18H24O8/c1-7-14(19)23-10-12(25-16(21)9-3)13(11-24-15(20)8-2)26-17(22)18(4,5)6/h7-9,12-13H,1-3,10-11H2,4-6H3. The quantitative estimate of drug-likeness (QED) is 0.324. The molecule has 8 heteroatoms. The van der Waals surface area contributed by atoms with Gasteiger partial charge in [0.2, 0.25) is 0 Å². The van der Waals surface area contributed by atoms with Gasteiger partial charge in [0.1, 0.15) is 13.2 Å². The topological polar surface area (TPSA) is 105 Å². The van der Waals surface area contributed by atoms with Crippen LogP contribution in [0.3, 0.4) is 0 Å². The highest BCUT2D eigenvalue weighted by Gasteiger charge is 2.34. The number of hydrogen-bond acceptors (Lipinski definition) is 8. The van der Waals surface area contributed by atoms with Gasteiger partial charge in [0.25, 0.3) is 0 Å². The van der Waals surface area contributed by atoms with Crippen LogP contribution >= 0.6 is 0 Å². The molecule has 0 radical (unpaired) electrons. The third-order valence-corrected chi connectivity index (χ3v) is 2.83. The Bertz CT molecular complexity index is 570.